The smallest absolute Gasteiger partial charge is 0.410 e. The monoisotopic (exact) mass is 436 g/mol. The summed E-state index contributed by atoms with van der Waals surface area (Å²) in [4.78, 5) is 41.8. The fourth-order valence-corrected chi connectivity index (χ4v) is 3.71. The van der Waals surface area contributed by atoms with E-state index < -0.39 is 23.7 Å². The summed E-state index contributed by atoms with van der Waals surface area (Å²) >= 11 is 0. The number of allylic oxidation sites excluding steroid dienone is 1. The summed E-state index contributed by atoms with van der Waals surface area (Å²) in [5, 5.41) is 0. The minimum atomic E-state index is -0.754. The van der Waals surface area contributed by atoms with Gasteiger partial charge in [-0.3, -0.25) is 14.5 Å². The van der Waals surface area contributed by atoms with Crippen molar-refractivity contribution in [1.29, 1.82) is 0 Å². The average molecular weight is 437 g/mol. The van der Waals surface area contributed by atoms with Crippen LogP contribution >= 0.6 is 0 Å². The fourth-order valence-electron chi connectivity index (χ4n) is 3.71. The van der Waals surface area contributed by atoms with E-state index in [9.17, 15) is 14.4 Å². The van der Waals surface area contributed by atoms with Gasteiger partial charge in [0.25, 0.3) is 0 Å². The molecule has 0 saturated carbocycles. The van der Waals surface area contributed by atoms with Crippen LogP contribution in [-0.4, -0.2) is 65.7 Å². The summed E-state index contributed by atoms with van der Waals surface area (Å²) in [5.41, 5.74) is -0.670. The molecule has 1 heterocycles. The topological polar surface area (TPSA) is 76.2 Å². The van der Waals surface area contributed by atoms with Crippen LogP contribution in [0.5, 0.6) is 0 Å². The van der Waals surface area contributed by atoms with E-state index in [0.717, 1.165) is 19.3 Å². The largest absolute Gasteiger partial charge is 0.468 e. The molecule has 0 spiro atoms. The Hall–Kier alpha value is -2.31. The van der Waals surface area contributed by atoms with E-state index >= 15 is 0 Å². The number of esters is 1. The highest BCUT2D eigenvalue weighted by Crippen LogP contribution is 2.30. The van der Waals surface area contributed by atoms with Gasteiger partial charge in [-0.15, -0.1) is 6.58 Å². The molecule has 176 valence electrons. The summed E-state index contributed by atoms with van der Waals surface area (Å²) in [5.74, 6) is -0.976. The third-order valence-corrected chi connectivity index (χ3v) is 5.24. The fraction of sp³-hybridized carbons (Fsp3) is 0.708. The molecule has 0 aliphatic carbocycles. The van der Waals surface area contributed by atoms with Gasteiger partial charge in [0.2, 0.25) is 5.91 Å². The molecule has 7 nitrogen and oxygen atoms in total. The molecule has 1 rings (SSSR count). The molecular weight excluding hydrogens is 396 g/mol. The van der Waals surface area contributed by atoms with E-state index in [1.165, 1.54) is 12.0 Å². The number of rotatable bonds is 10. The van der Waals surface area contributed by atoms with Crippen LogP contribution < -0.4 is 0 Å². The van der Waals surface area contributed by atoms with E-state index in [2.05, 4.69) is 13.5 Å². The molecule has 1 saturated heterocycles. The van der Waals surface area contributed by atoms with Gasteiger partial charge in [-0.2, -0.15) is 0 Å². The van der Waals surface area contributed by atoms with Crippen molar-refractivity contribution in [3.63, 3.8) is 0 Å². The minimum Gasteiger partial charge on any atom is -0.468 e. The maximum Gasteiger partial charge on any atom is 0.410 e. The van der Waals surface area contributed by atoms with Gasteiger partial charge in [0.1, 0.15) is 18.2 Å². The normalized spacial score (nSPS) is 19.9. The quantitative estimate of drug-likeness (QED) is 0.376. The molecule has 0 aromatic carbocycles. The Bertz CT molecular complexity index is 653. The molecule has 1 fully saturated rings. The lowest BCUT2D eigenvalue weighted by Gasteiger charge is -2.35. The lowest BCUT2D eigenvalue weighted by atomic mass is 9.98. The van der Waals surface area contributed by atoms with Crippen LogP contribution in [0.15, 0.2) is 24.8 Å². The van der Waals surface area contributed by atoms with Gasteiger partial charge >= 0.3 is 12.1 Å². The van der Waals surface area contributed by atoms with Crippen LogP contribution in [0, 0.1) is 5.92 Å². The number of ether oxygens (including phenoxy) is 2. The summed E-state index contributed by atoms with van der Waals surface area (Å²) in [6, 6.07) is -1.01. The predicted octanol–water partition coefficient (Wildman–Crippen LogP) is 4.32. The van der Waals surface area contributed by atoms with Gasteiger partial charge < -0.3 is 14.4 Å². The molecule has 3 atom stereocenters. The van der Waals surface area contributed by atoms with Crippen molar-refractivity contribution in [3.8, 4) is 0 Å². The summed E-state index contributed by atoms with van der Waals surface area (Å²) in [6.45, 7) is 13.6. The molecule has 7 heteroatoms. The molecule has 1 aliphatic heterocycles. The van der Waals surface area contributed by atoms with Crippen LogP contribution in [-0.2, 0) is 19.1 Å². The van der Waals surface area contributed by atoms with Crippen LogP contribution in [0.25, 0.3) is 0 Å². The minimum absolute atomic E-state index is 0.168. The lowest BCUT2D eigenvalue weighted by Crippen LogP contribution is -2.54. The molecular formula is C24H40N2O5. The number of carbonyl (C=O) groups excluding carboxylic acids is 3. The number of nitrogens with zero attached hydrogens (tertiary/aromatic N) is 2. The standard InChI is InChI=1S/C24H40N2O5/c1-8-11-12-14-19(13-9-2)26(17-20(27)30-7)22(28)21-18(10-3)15-16-25(21)23(29)31-24(4,5)6/h10,12,14,18-19,21H,3,8-9,11,13,15-17H2,1-2,4-7H3/b14-12+/t18-,19+,21-/m0/s1. The molecule has 0 radical (unpaired) electrons. The molecule has 0 aromatic heterocycles. The zero-order valence-corrected chi connectivity index (χ0v) is 20.1. The zero-order chi connectivity index (χ0) is 23.6. The Morgan fingerprint density at radius 3 is 2.42 bits per heavy atom. The highest BCUT2D eigenvalue weighted by atomic mass is 16.6. The number of unbranched alkanes of at least 4 members (excludes halogenated alkanes) is 1. The van der Waals surface area contributed by atoms with Gasteiger partial charge in [0.15, 0.2) is 0 Å². The van der Waals surface area contributed by atoms with E-state index in [-0.39, 0.29) is 24.4 Å². The first kappa shape index (κ1) is 26.7. The van der Waals surface area contributed by atoms with Crippen molar-refractivity contribution in [1.82, 2.24) is 9.80 Å². The van der Waals surface area contributed by atoms with Crippen molar-refractivity contribution in [3.05, 3.63) is 24.8 Å². The van der Waals surface area contributed by atoms with E-state index in [0.29, 0.717) is 19.4 Å². The SMILES string of the molecule is C=C[C@H]1CCN(C(=O)OC(C)(C)C)[C@@H]1C(=O)N(CC(=O)OC)[C@@H](/C=C/CCC)CCC. The van der Waals surface area contributed by atoms with Crippen molar-refractivity contribution in [2.75, 3.05) is 20.2 Å². The van der Waals surface area contributed by atoms with Gasteiger partial charge in [0, 0.05) is 12.5 Å². The molecule has 1 aliphatic rings. The van der Waals surface area contributed by atoms with Gasteiger partial charge in [-0.25, -0.2) is 4.79 Å². The highest BCUT2D eigenvalue weighted by Gasteiger charge is 2.45. The second kappa shape index (κ2) is 12.5. The van der Waals surface area contributed by atoms with E-state index in [4.69, 9.17) is 9.47 Å². The van der Waals surface area contributed by atoms with Gasteiger partial charge in [-0.1, -0.05) is 44.9 Å². The molecule has 2 amide bonds. The van der Waals surface area contributed by atoms with Gasteiger partial charge in [-0.05, 0) is 40.0 Å². The first-order valence-electron chi connectivity index (χ1n) is 11.3. The second-order valence-electron chi connectivity index (χ2n) is 8.92. The number of methoxy groups -OCH3 is 1. The van der Waals surface area contributed by atoms with Crippen molar-refractivity contribution in [2.24, 2.45) is 5.92 Å². The molecule has 0 N–H and O–H groups in total. The summed E-state index contributed by atoms with van der Waals surface area (Å²) < 4.78 is 10.4. The Labute approximate surface area is 187 Å². The summed E-state index contributed by atoms with van der Waals surface area (Å²) in [6.07, 6.45) is 9.28. The van der Waals surface area contributed by atoms with E-state index in [1.54, 1.807) is 31.7 Å². The van der Waals surface area contributed by atoms with Crippen LogP contribution in [0.2, 0.25) is 0 Å². The maximum absolute atomic E-state index is 13.8. The number of likely N-dealkylation sites (tertiary alicyclic amines) is 1. The number of hydrogen-bond acceptors (Lipinski definition) is 5. The predicted molar refractivity (Wildman–Crippen MR) is 122 cm³/mol. The van der Waals surface area contributed by atoms with Crippen molar-refractivity contribution < 1.29 is 23.9 Å². The van der Waals surface area contributed by atoms with Gasteiger partial charge in [0.05, 0.1) is 13.2 Å². The molecule has 0 bridgehead atoms. The Balaban J connectivity index is 3.29. The zero-order valence-electron chi connectivity index (χ0n) is 20.1. The molecule has 31 heavy (non-hydrogen) atoms. The van der Waals surface area contributed by atoms with Crippen LogP contribution in [0.4, 0.5) is 4.79 Å². The second-order valence-corrected chi connectivity index (χ2v) is 8.92. The molecule has 0 aromatic rings. The van der Waals surface area contributed by atoms with E-state index in [1.807, 2.05) is 19.1 Å². The Kier molecular flexibility index (Phi) is 10.8. The average Bonchev–Trinajstić information content (AvgIpc) is 3.14. The van der Waals surface area contributed by atoms with Crippen molar-refractivity contribution >= 4 is 18.0 Å². The third-order valence-electron chi connectivity index (χ3n) is 5.24. The van der Waals surface area contributed by atoms with Crippen molar-refractivity contribution in [2.45, 2.75) is 84.4 Å². The third kappa shape index (κ3) is 8.04. The maximum atomic E-state index is 13.8. The number of hydrogen-bond donors (Lipinski definition) is 0. The highest BCUT2D eigenvalue weighted by molar-refractivity contribution is 5.90. The first-order chi connectivity index (χ1) is 14.6. The van der Waals surface area contributed by atoms with Crippen LogP contribution in [0.1, 0.15) is 66.7 Å². The molecule has 0 unspecified atom stereocenters. The Morgan fingerprint density at radius 2 is 1.90 bits per heavy atom. The van der Waals surface area contributed by atoms with Crippen LogP contribution in [0.3, 0.4) is 0 Å². The number of amides is 2. The first-order valence-corrected chi connectivity index (χ1v) is 11.3. The lowest BCUT2D eigenvalue weighted by molar-refractivity contribution is -0.150. The summed E-state index contributed by atoms with van der Waals surface area (Å²) in [7, 11) is 1.31. The number of carbonyl (C=O) groups is 3. The Morgan fingerprint density at radius 1 is 1.23 bits per heavy atom.